The van der Waals surface area contributed by atoms with Gasteiger partial charge in [0.2, 0.25) is 0 Å². The highest BCUT2D eigenvalue weighted by molar-refractivity contribution is 7.87. The zero-order valence-electron chi connectivity index (χ0n) is 15.9. The fraction of sp³-hybridized carbons (Fsp3) is 0.700. The highest BCUT2D eigenvalue weighted by atomic mass is 32.2. The molecule has 1 aromatic carbocycles. The summed E-state index contributed by atoms with van der Waals surface area (Å²) in [5.74, 6) is 2.57. The van der Waals surface area contributed by atoms with Gasteiger partial charge in [0.25, 0.3) is 0 Å². The fourth-order valence-electron chi connectivity index (χ4n) is 6.40. The van der Waals surface area contributed by atoms with E-state index in [1.165, 1.54) is 19.1 Å². The molecular formula is C20H29NO5S. The van der Waals surface area contributed by atoms with Crippen LogP contribution in [-0.2, 0) is 16.7 Å². The summed E-state index contributed by atoms with van der Waals surface area (Å²) >= 11 is 0. The molecule has 0 unspecified atom stereocenters. The summed E-state index contributed by atoms with van der Waals surface area (Å²) in [7, 11) is -2.83. The molecule has 0 aromatic heterocycles. The summed E-state index contributed by atoms with van der Waals surface area (Å²) in [5.41, 5.74) is 2.94. The summed E-state index contributed by atoms with van der Waals surface area (Å²) in [6, 6.07) is 3.78. The van der Waals surface area contributed by atoms with Crippen LogP contribution in [0.5, 0.6) is 5.75 Å². The zero-order valence-corrected chi connectivity index (χ0v) is 16.8. The topological polar surface area (TPSA) is 95.9 Å². The lowest BCUT2D eigenvalue weighted by atomic mass is 9.54. The van der Waals surface area contributed by atoms with Crippen molar-refractivity contribution in [3.8, 4) is 5.75 Å². The Hall–Kier alpha value is -1.31. The maximum atomic E-state index is 11.3. The molecule has 3 N–H and O–H groups in total. The SMILES string of the molecule is COc1cc2c(cc1NS(=O)(=O)O)CC[C@@H]1[C@@H]2CC[C@]2(C)[C@@H](CO)CC[C@@H]12. The Bertz CT molecular complexity index is 839. The number of fused-ring (bicyclic) bond motifs is 5. The van der Waals surface area contributed by atoms with Crippen LogP contribution in [0.1, 0.15) is 56.1 Å². The number of aryl methyl sites for hydroxylation is 1. The van der Waals surface area contributed by atoms with Gasteiger partial charge in [0.1, 0.15) is 5.75 Å². The maximum absolute atomic E-state index is 11.3. The number of nitrogens with one attached hydrogen (secondary N) is 1. The summed E-state index contributed by atoms with van der Waals surface area (Å²) in [6.07, 6.45) is 6.52. The standard InChI is InChI=1S/C20H29NO5S/c1-20-8-7-14-15(17(20)6-4-13(20)11-22)5-3-12-9-18(21-27(23,24)25)19(26-2)10-16(12)14/h9-10,13-15,17,21-22H,3-8,11H2,1-2H3,(H,23,24,25)/t13-,14+,15-,17+,20-/m1/s1. The van der Waals surface area contributed by atoms with Crippen LogP contribution in [0, 0.1) is 23.2 Å². The smallest absolute Gasteiger partial charge is 0.357 e. The van der Waals surface area contributed by atoms with E-state index < -0.39 is 10.3 Å². The number of hydrogen-bond donors (Lipinski definition) is 3. The second-order valence-corrected chi connectivity index (χ2v) is 9.90. The largest absolute Gasteiger partial charge is 0.495 e. The molecule has 3 aliphatic rings. The van der Waals surface area contributed by atoms with Crippen LogP contribution in [0.25, 0.3) is 0 Å². The summed E-state index contributed by atoms with van der Waals surface area (Å²) in [5, 5.41) is 9.82. The lowest BCUT2D eigenvalue weighted by Gasteiger charge is -2.51. The molecule has 27 heavy (non-hydrogen) atoms. The molecule has 0 aliphatic heterocycles. The summed E-state index contributed by atoms with van der Waals surface area (Å²) in [4.78, 5) is 0. The van der Waals surface area contributed by atoms with Gasteiger partial charge in [-0.3, -0.25) is 9.27 Å². The molecule has 0 saturated heterocycles. The lowest BCUT2D eigenvalue weighted by molar-refractivity contribution is 0.00955. The highest BCUT2D eigenvalue weighted by Crippen LogP contribution is 2.63. The molecule has 2 saturated carbocycles. The average Bonchev–Trinajstić information content (AvgIpc) is 2.95. The van der Waals surface area contributed by atoms with E-state index in [2.05, 4.69) is 11.6 Å². The van der Waals surface area contributed by atoms with E-state index in [1.54, 1.807) is 0 Å². The minimum Gasteiger partial charge on any atom is -0.495 e. The first kappa shape index (κ1) is 19.0. The van der Waals surface area contributed by atoms with E-state index in [0.29, 0.717) is 41.7 Å². The number of aliphatic hydroxyl groups is 1. The maximum Gasteiger partial charge on any atom is 0.357 e. The van der Waals surface area contributed by atoms with Gasteiger partial charge >= 0.3 is 10.3 Å². The number of benzene rings is 1. The molecule has 2 fully saturated rings. The van der Waals surface area contributed by atoms with Crippen molar-refractivity contribution in [1.82, 2.24) is 0 Å². The number of aliphatic hydroxyl groups excluding tert-OH is 1. The molecular weight excluding hydrogens is 366 g/mol. The predicted octanol–water partition coefficient (Wildman–Crippen LogP) is 3.37. The van der Waals surface area contributed by atoms with Crippen LogP contribution < -0.4 is 9.46 Å². The Morgan fingerprint density at radius 2 is 2.04 bits per heavy atom. The molecule has 5 atom stereocenters. The third-order valence-corrected chi connectivity index (χ3v) is 8.18. The van der Waals surface area contributed by atoms with Crippen LogP contribution in [-0.4, -0.2) is 31.8 Å². The van der Waals surface area contributed by atoms with Gasteiger partial charge in [0, 0.05) is 6.61 Å². The average molecular weight is 396 g/mol. The monoisotopic (exact) mass is 395 g/mol. The van der Waals surface area contributed by atoms with E-state index in [9.17, 15) is 13.5 Å². The van der Waals surface area contributed by atoms with Crippen molar-refractivity contribution in [1.29, 1.82) is 0 Å². The van der Waals surface area contributed by atoms with E-state index >= 15 is 0 Å². The van der Waals surface area contributed by atoms with Gasteiger partial charge in [-0.25, -0.2) is 0 Å². The first-order valence-electron chi connectivity index (χ1n) is 9.83. The second kappa shape index (κ2) is 6.64. The third kappa shape index (κ3) is 3.13. The molecule has 0 amide bonds. The molecule has 4 rings (SSSR count). The quantitative estimate of drug-likeness (QED) is 0.679. The zero-order chi connectivity index (χ0) is 19.4. The molecule has 3 aliphatic carbocycles. The number of hydrogen-bond acceptors (Lipinski definition) is 4. The predicted molar refractivity (Wildman–Crippen MR) is 103 cm³/mol. The highest BCUT2D eigenvalue weighted by Gasteiger charge is 2.54. The summed E-state index contributed by atoms with van der Waals surface area (Å²) in [6.45, 7) is 2.66. The van der Waals surface area contributed by atoms with Gasteiger partial charge in [0.05, 0.1) is 12.8 Å². The summed E-state index contributed by atoms with van der Waals surface area (Å²) < 4.78 is 39.2. The van der Waals surface area contributed by atoms with Gasteiger partial charge in [-0.2, -0.15) is 8.42 Å². The normalized spacial score (nSPS) is 35.1. The Labute approximate surface area is 161 Å². The van der Waals surface area contributed by atoms with Crippen LogP contribution in [0.4, 0.5) is 5.69 Å². The minimum absolute atomic E-state index is 0.240. The van der Waals surface area contributed by atoms with Gasteiger partial charge in [-0.05, 0) is 90.9 Å². The molecule has 1 aromatic rings. The first-order chi connectivity index (χ1) is 12.8. The molecule has 6 nitrogen and oxygen atoms in total. The van der Waals surface area contributed by atoms with E-state index in [0.717, 1.165) is 37.7 Å². The molecule has 0 bridgehead atoms. The van der Waals surface area contributed by atoms with Crippen LogP contribution in [0.15, 0.2) is 12.1 Å². The Kier molecular flexibility index (Phi) is 4.68. The van der Waals surface area contributed by atoms with Crippen LogP contribution in [0.2, 0.25) is 0 Å². The van der Waals surface area contributed by atoms with Crippen molar-refractivity contribution in [3.63, 3.8) is 0 Å². The van der Waals surface area contributed by atoms with Crippen molar-refractivity contribution < 1.29 is 22.8 Å². The Morgan fingerprint density at radius 1 is 1.26 bits per heavy atom. The second-order valence-electron chi connectivity index (χ2n) is 8.75. The number of rotatable bonds is 4. The van der Waals surface area contributed by atoms with Gasteiger partial charge in [-0.1, -0.05) is 6.92 Å². The number of ether oxygens (including phenoxy) is 1. The van der Waals surface area contributed by atoms with Crippen molar-refractivity contribution in [3.05, 3.63) is 23.3 Å². The van der Waals surface area contributed by atoms with Crippen molar-refractivity contribution >= 4 is 16.0 Å². The van der Waals surface area contributed by atoms with Crippen molar-refractivity contribution in [2.75, 3.05) is 18.4 Å². The third-order valence-electron chi connectivity index (χ3n) is 7.70. The van der Waals surface area contributed by atoms with Gasteiger partial charge in [-0.15, -0.1) is 0 Å². The van der Waals surface area contributed by atoms with E-state index in [-0.39, 0.29) is 5.41 Å². The molecule has 0 spiro atoms. The molecule has 0 radical (unpaired) electrons. The minimum atomic E-state index is -4.34. The lowest BCUT2D eigenvalue weighted by Crippen LogP contribution is -2.43. The molecule has 0 heterocycles. The fourth-order valence-corrected chi connectivity index (χ4v) is 6.83. The van der Waals surface area contributed by atoms with Crippen LogP contribution in [0.3, 0.4) is 0 Å². The first-order valence-corrected chi connectivity index (χ1v) is 11.3. The Balaban J connectivity index is 1.69. The number of anilines is 1. The Morgan fingerprint density at radius 3 is 2.70 bits per heavy atom. The van der Waals surface area contributed by atoms with E-state index in [1.807, 2.05) is 12.1 Å². The van der Waals surface area contributed by atoms with Crippen molar-refractivity contribution in [2.45, 2.75) is 51.4 Å². The van der Waals surface area contributed by atoms with Gasteiger partial charge in [0.15, 0.2) is 0 Å². The van der Waals surface area contributed by atoms with Crippen molar-refractivity contribution in [2.24, 2.45) is 23.2 Å². The van der Waals surface area contributed by atoms with Gasteiger partial charge < -0.3 is 9.84 Å². The number of methoxy groups -OCH3 is 1. The van der Waals surface area contributed by atoms with Crippen LogP contribution >= 0.6 is 0 Å². The van der Waals surface area contributed by atoms with E-state index in [4.69, 9.17) is 9.29 Å². The molecule has 7 heteroatoms. The molecule has 150 valence electrons.